The third-order valence-corrected chi connectivity index (χ3v) is 3.34. The summed E-state index contributed by atoms with van der Waals surface area (Å²) in [7, 11) is -1.85. The van der Waals surface area contributed by atoms with Crippen molar-refractivity contribution in [1.29, 1.82) is 0 Å². The summed E-state index contributed by atoms with van der Waals surface area (Å²) in [6, 6.07) is 0. The number of carbonyl (C=O) groups is 1. The van der Waals surface area contributed by atoms with Crippen LogP contribution < -0.4 is 0 Å². The van der Waals surface area contributed by atoms with Crippen LogP contribution in [0.3, 0.4) is 0 Å². The quantitative estimate of drug-likeness (QED) is 0.656. The highest BCUT2D eigenvalue weighted by atomic mass is 32.2. The number of carboxylic acid groups (broad SMARTS) is 1. The van der Waals surface area contributed by atoms with Crippen molar-refractivity contribution in [2.75, 3.05) is 19.3 Å². The largest absolute Gasteiger partial charge is 0.481 e. The van der Waals surface area contributed by atoms with Crippen molar-refractivity contribution >= 4 is 16.0 Å². The van der Waals surface area contributed by atoms with E-state index in [0.29, 0.717) is 0 Å². The molecule has 0 unspecified atom stereocenters. The topological polar surface area (TPSA) is 74.7 Å². The van der Waals surface area contributed by atoms with Gasteiger partial charge in [-0.15, -0.1) is 0 Å². The maximum atomic E-state index is 11.0. The van der Waals surface area contributed by atoms with E-state index in [2.05, 4.69) is 0 Å². The third kappa shape index (κ3) is 3.68. The highest BCUT2D eigenvalue weighted by Crippen LogP contribution is 1.98. The van der Waals surface area contributed by atoms with Gasteiger partial charge in [0.1, 0.15) is 0 Å². The van der Waals surface area contributed by atoms with Crippen molar-refractivity contribution in [3.05, 3.63) is 0 Å². The zero-order valence-electron chi connectivity index (χ0n) is 7.15. The molecular weight excluding hydrogens is 182 g/mol. The normalized spacial score (nSPS) is 11.9. The fourth-order valence-corrected chi connectivity index (χ4v) is 1.42. The molecular formula is C6H13NO4S. The van der Waals surface area contributed by atoms with Gasteiger partial charge in [0.25, 0.3) is 0 Å². The summed E-state index contributed by atoms with van der Waals surface area (Å²) in [4.78, 5) is 10.1. The first kappa shape index (κ1) is 11.4. The lowest BCUT2D eigenvalue weighted by Crippen LogP contribution is -2.30. The minimum Gasteiger partial charge on any atom is -0.481 e. The van der Waals surface area contributed by atoms with Crippen molar-refractivity contribution < 1.29 is 18.3 Å². The molecule has 0 spiro atoms. The van der Waals surface area contributed by atoms with Gasteiger partial charge in [-0.2, -0.15) is 0 Å². The highest BCUT2D eigenvalue weighted by molar-refractivity contribution is 7.89. The summed E-state index contributed by atoms with van der Waals surface area (Å²) in [5.74, 6) is -0.989. The molecule has 0 aliphatic carbocycles. The average Bonchev–Trinajstić information content (AvgIpc) is 2.00. The zero-order valence-corrected chi connectivity index (χ0v) is 7.97. The van der Waals surface area contributed by atoms with E-state index in [4.69, 9.17) is 5.11 Å². The minimum atomic E-state index is -3.22. The lowest BCUT2D eigenvalue weighted by Gasteiger charge is -2.13. The Morgan fingerprint density at radius 3 is 2.33 bits per heavy atom. The molecule has 1 N–H and O–H groups in total. The smallest absolute Gasteiger partial charge is 0.304 e. The van der Waals surface area contributed by atoms with E-state index >= 15 is 0 Å². The van der Waals surface area contributed by atoms with Gasteiger partial charge >= 0.3 is 5.97 Å². The molecule has 0 saturated carbocycles. The molecule has 0 atom stereocenters. The number of sulfonamides is 1. The van der Waals surface area contributed by atoms with Gasteiger partial charge in [-0.05, 0) is 6.92 Å². The Balaban J connectivity index is 4.05. The molecule has 12 heavy (non-hydrogen) atoms. The molecule has 0 aromatic heterocycles. The SMILES string of the molecule is CCS(=O)(=O)N(C)CCC(=O)O. The standard InChI is InChI=1S/C6H13NO4S/c1-3-12(10,11)7(2)5-4-6(8)9/h3-5H2,1-2H3,(H,8,9). The van der Waals surface area contributed by atoms with Gasteiger partial charge in [-0.3, -0.25) is 4.79 Å². The van der Waals surface area contributed by atoms with Gasteiger partial charge < -0.3 is 5.11 Å². The molecule has 0 aromatic carbocycles. The fraction of sp³-hybridized carbons (Fsp3) is 0.833. The van der Waals surface area contributed by atoms with Crippen LogP contribution in [-0.2, 0) is 14.8 Å². The summed E-state index contributed by atoms with van der Waals surface area (Å²) < 4.78 is 23.1. The molecule has 6 heteroatoms. The Labute approximate surface area is 72.0 Å². The second-order valence-electron chi connectivity index (χ2n) is 2.37. The van der Waals surface area contributed by atoms with Crippen molar-refractivity contribution in [3.63, 3.8) is 0 Å². The van der Waals surface area contributed by atoms with E-state index < -0.39 is 16.0 Å². The molecule has 5 nitrogen and oxygen atoms in total. The third-order valence-electron chi connectivity index (χ3n) is 1.48. The molecule has 0 fully saturated rings. The molecule has 0 rings (SSSR count). The number of aliphatic carboxylic acids is 1. The second kappa shape index (κ2) is 4.42. The van der Waals surface area contributed by atoms with Crippen LogP contribution in [-0.4, -0.2) is 43.1 Å². The highest BCUT2D eigenvalue weighted by Gasteiger charge is 2.15. The van der Waals surface area contributed by atoms with E-state index in [9.17, 15) is 13.2 Å². The van der Waals surface area contributed by atoms with E-state index in [0.717, 1.165) is 4.31 Å². The van der Waals surface area contributed by atoms with Crippen LogP contribution in [0.5, 0.6) is 0 Å². The summed E-state index contributed by atoms with van der Waals surface area (Å²) in [6.45, 7) is 1.55. The first-order chi connectivity index (χ1) is 5.40. The van der Waals surface area contributed by atoms with E-state index in [1.807, 2.05) is 0 Å². The number of carboxylic acids is 1. The summed E-state index contributed by atoms with van der Waals surface area (Å²) >= 11 is 0. The molecule has 0 aliphatic rings. The van der Waals surface area contributed by atoms with Crippen LogP contribution in [0.1, 0.15) is 13.3 Å². The van der Waals surface area contributed by atoms with E-state index in [1.54, 1.807) is 0 Å². The lowest BCUT2D eigenvalue weighted by atomic mass is 10.4. The number of hydrogen-bond acceptors (Lipinski definition) is 3. The Morgan fingerprint density at radius 2 is 2.00 bits per heavy atom. The maximum absolute atomic E-state index is 11.0. The summed E-state index contributed by atoms with van der Waals surface area (Å²) in [5.41, 5.74) is 0. The van der Waals surface area contributed by atoms with Gasteiger partial charge in [0.05, 0.1) is 12.2 Å². The van der Waals surface area contributed by atoms with Gasteiger partial charge in [0, 0.05) is 13.6 Å². The number of hydrogen-bond donors (Lipinski definition) is 1. The van der Waals surface area contributed by atoms with Crippen LogP contribution in [0.4, 0.5) is 0 Å². The minimum absolute atomic E-state index is 0.00309. The number of rotatable bonds is 5. The molecule has 0 saturated heterocycles. The molecule has 0 radical (unpaired) electrons. The van der Waals surface area contributed by atoms with Crippen LogP contribution in [0.15, 0.2) is 0 Å². The maximum Gasteiger partial charge on any atom is 0.304 e. The van der Waals surface area contributed by atoms with Gasteiger partial charge in [0.15, 0.2) is 0 Å². The fourth-order valence-electron chi connectivity index (χ4n) is 0.613. The lowest BCUT2D eigenvalue weighted by molar-refractivity contribution is -0.137. The molecule has 0 bridgehead atoms. The predicted octanol–water partition coefficient (Wildman–Crippen LogP) is -0.257. The van der Waals surface area contributed by atoms with Crippen LogP contribution >= 0.6 is 0 Å². The van der Waals surface area contributed by atoms with Crippen molar-refractivity contribution in [3.8, 4) is 0 Å². The van der Waals surface area contributed by atoms with Crippen LogP contribution in [0.25, 0.3) is 0 Å². The molecule has 0 aliphatic heterocycles. The van der Waals surface area contributed by atoms with E-state index in [-0.39, 0.29) is 18.7 Å². The van der Waals surface area contributed by atoms with Crippen molar-refractivity contribution in [2.24, 2.45) is 0 Å². The summed E-state index contributed by atoms with van der Waals surface area (Å²) in [5, 5.41) is 8.28. The second-order valence-corrected chi connectivity index (χ2v) is 4.73. The monoisotopic (exact) mass is 195 g/mol. The Kier molecular flexibility index (Phi) is 4.19. The molecule has 72 valence electrons. The van der Waals surface area contributed by atoms with Crippen molar-refractivity contribution in [2.45, 2.75) is 13.3 Å². The zero-order chi connectivity index (χ0) is 9.78. The molecule has 0 amide bonds. The van der Waals surface area contributed by atoms with Crippen LogP contribution in [0.2, 0.25) is 0 Å². The Hall–Kier alpha value is -0.620. The molecule has 0 aromatic rings. The first-order valence-corrected chi connectivity index (χ1v) is 5.17. The Bertz CT molecular complexity index is 246. The molecule has 0 heterocycles. The average molecular weight is 195 g/mol. The van der Waals surface area contributed by atoms with Gasteiger partial charge in [-0.1, -0.05) is 0 Å². The van der Waals surface area contributed by atoms with Crippen molar-refractivity contribution in [1.82, 2.24) is 4.31 Å². The summed E-state index contributed by atoms with van der Waals surface area (Å²) in [6.07, 6.45) is -0.157. The van der Waals surface area contributed by atoms with Gasteiger partial charge in [-0.25, -0.2) is 12.7 Å². The first-order valence-electron chi connectivity index (χ1n) is 3.56. The predicted molar refractivity (Wildman–Crippen MR) is 44.3 cm³/mol. The van der Waals surface area contributed by atoms with Crippen LogP contribution in [0, 0.1) is 0 Å². The Morgan fingerprint density at radius 1 is 1.50 bits per heavy atom. The van der Waals surface area contributed by atoms with E-state index in [1.165, 1.54) is 14.0 Å². The van der Waals surface area contributed by atoms with Gasteiger partial charge in [0.2, 0.25) is 10.0 Å². The number of nitrogens with zero attached hydrogens (tertiary/aromatic N) is 1.